The number of aromatic nitrogens is 3. The van der Waals surface area contributed by atoms with E-state index in [2.05, 4.69) is 23.6 Å². The number of benzene rings is 1. The monoisotopic (exact) mass is 614 g/mol. The number of halogens is 1. The molecule has 0 bridgehead atoms. The molecule has 42 heavy (non-hydrogen) atoms. The van der Waals surface area contributed by atoms with Gasteiger partial charge in [-0.3, -0.25) is 4.40 Å². The Kier molecular flexibility index (Phi) is 9.28. The number of hydrogen-bond donors (Lipinski definition) is 1. The zero-order valence-corrected chi connectivity index (χ0v) is 26.3. The lowest BCUT2D eigenvalue weighted by atomic mass is 9.91. The van der Waals surface area contributed by atoms with Crippen LogP contribution >= 0.6 is 11.3 Å². The van der Waals surface area contributed by atoms with Crippen molar-refractivity contribution in [2.24, 2.45) is 0 Å². The summed E-state index contributed by atoms with van der Waals surface area (Å²) < 4.78 is 43.0. The number of aliphatic hydroxyl groups is 1. The van der Waals surface area contributed by atoms with Crippen molar-refractivity contribution in [1.82, 2.24) is 23.6 Å². The summed E-state index contributed by atoms with van der Waals surface area (Å²) in [5.74, 6) is 1.01. The number of hydrogen-bond acceptors (Lipinski definition) is 8. The molecular weight excluding hydrogens is 576 g/mol. The molecule has 5 rings (SSSR count). The van der Waals surface area contributed by atoms with Gasteiger partial charge in [-0.1, -0.05) is 24.3 Å². The van der Waals surface area contributed by atoms with E-state index in [-0.39, 0.29) is 24.1 Å². The number of nitrogens with zero attached hydrogens (tertiary/aromatic N) is 6. The van der Waals surface area contributed by atoms with Crippen LogP contribution in [0.25, 0.3) is 16.9 Å². The number of thiazole rings is 1. The molecule has 1 N–H and O–H groups in total. The number of anilines is 2. The molecule has 0 amide bonds. The minimum Gasteiger partial charge on any atom is -0.391 e. The fraction of sp³-hybridized carbons (Fsp3) is 0.467. The van der Waals surface area contributed by atoms with Crippen LogP contribution in [0.3, 0.4) is 0 Å². The van der Waals surface area contributed by atoms with E-state index in [1.54, 1.807) is 16.4 Å². The third kappa shape index (κ3) is 6.37. The second-order valence-corrected chi connectivity index (χ2v) is 14.2. The molecule has 0 spiro atoms. The van der Waals surface area contributed by atoms with Gasteiger partial charge in [-0.2, -0.15) is 0 Å². The van der Waals surface area contributed by atoms with E-state index < -0.39 is 10.0 Å². The van der Waals surface area contributed by atoms with Crippen LogP contribution in [0.4, 0.5) is 15.3 Å². The lowest BCUT2D eigenvalue weighted by Gasteiger charge is -2.31. The van der Waals surface area contributed by atoms with Crippen LogP contribution < -0.4 is 4.90 Å². The Balaban J connectivity index is 1.39. The van der Waals surface area contributed by atoms with Crippen LogP contribution in [0.15, 0.2) is 42.6 Å². The first-order valence-corrected chi connectivity index (χ1v) is 16.8. The van der Waals surface area contributed by atoms with Crippen molar-refractivity contribution in [3.05, 3.63) is 64.5 Å². The van der Waals surface area contributed by atoms with Gasteiger partial charge in [0.15, 0.2) is 5.13 Å². The lowest BCUT2D eigenvalue weighted by molar-refractivity contribution is 0.286. The zero-order valence-electron chi connectivity index (χ0n) is 24.6. The van der Waals surface area contributed by atoms with Crippen LogP contribution in [0.5, 0.6) is 0 Å². The van der Waals surface area contributed by atoms with Gasteiger partial charge in [0.25, 0.3) is 0 Å². The van der Waals surface area contributed by atoms with Crippen LogP contribution in [0.1, 0.15) is 48.2 Å². The van der Waals surface area contributed by atoms with Crippen molar-refractivity contribution in [3.8, 4) is 11.3 Å². The summed E-state index contributed by atoms with van der Waals surface area (Å²) in [6, 6.07) is 10.3. The summed E-state index contributed by atoms with van der Waals surface area (Å²) in [5.41, 5.74) is 4.30. The highest BCUT2D eigenvalue weighted by Crippen LogP contribution is 2.38. The van der Waals surface area contributed by atoms with Crippen molar-refractivity contribution in [2.45, 2.75) is 45.1 Å². The standard InChI is InChI=1S/C30H39FN6O3S2/c1-5-25-29(35(4)30-33-28(26(20-38)41-30)22-7-10-24(31)11-8-22)37-19-23(9-12-27(37)32-25)21-13-16-36(17-14-21)42(39,40)18-6-15-34(2)3/h7-12,19,21,38H,5-6,13-18,20H2,1-4H3. The van der Waals surface area contributed by atoms with E-state index in [0.29, 0.717) is 35.2 Å². The van der Waals surface area contributed by atoms with Gasteiger partial charge in [-0.25, -0.2) is 27.1 Å². The molecule has 0 aliphatic carbocycles. The van der Waals surface area contributed by atoms with Gasteiger partial charge in [-0.05, 0) is 88.1 Å². The lowest BCUT2D eigenvalue weighted by Crippen LogP contribution is -2.39. The Morgan fingerprint density at radius 3 is 2.43 bits per heavy atom. The van der Waals surface area contributed by atoms with Crippen molar-refractivity contribution in [1.29, 1.82) is 0 Å². The minimum atomic E-state index is -3.25. The number of sulfonamides is 1. The summed E-state index contributed by atoms with van der Waals surface area (Å²) in [6.45, 7) is 3.71. The topological polar surface area (TPSA) is 94.3 Å². The molecule has 0 radical (unpaired) electrons. The number of pyridine rings is 1. The van der Waals surface area contributed by atoms with Crippen LogP contribution in [0.2, 0.25) is 0 Å². The second kappa shape index (κ2) is 12.8. The van der Waals surface area contributed by atoms with Gasteiger partial charge >= 0.3 is 0 Å². The van der Waals surface area contributed by atoms with Gasteiger partial charge in [0.05, 0.1) is 28.6 Å². The average Bonchev–Trinajstić information content (AvgIpc) is 3.58. The number of fused-ring (bicyclic) bond motifs is 1. The smallest absolute Gasteiger partial charge is 0.214 e. The summed E-state index contributed by atoms with van der Waals surface area (Å²) in [6.07, 6.45) is 5.02. The van der Waals surface area contributed by atoms with Gasteiger partial charge < -0.3 is 14.9 Å². The van der Waals surface area contributed by atoms with Crippen molar-refractivity contribution >= 4 is 38.0 Å². The molecule has 0 atom stereocenters. The summed E-state index contributed by atoms with van der Waals surface area (Å²) in [7, 11) is 2.61. The van der Waals surface area contributed by atoms with E-state index in [4.69, 9.17) is 9.97 Å². The largest absolute Gasteiger partial charge is 0.391 e. The minimum absolute atomic E-state index is 0.166. The molecule has 1 aliphatic rings. The number of imidazole rings is 1. The predicted molar refractivity (Wildman–Crippen MR) is 167 cm³/mol. The molecule has 3 aromatic heterocycles. The Labute approximate surface area is 251 Å². The van der Waals surface area contributed by atoms with Crippen LogP contribution in [-0.2, 0) is 23.1 Å². The van der Waals surface area contributed by atoms with Gasteiger partial charge in [0.1, 0.15) is 17.3 Å². The molecule has 4 heterocycles. The quantitative estimate of drug-likeness (QED) is 0.257. The summed E-state index contributed by atoms with van der Waals surface area (Å²) in [4.78, 5) is 14.5. The molecule has 9 nitrogen and oxygen atoms in total. The van der Waals surface area contributed by atoms with E-state index >= 15 is 0 Å². The Hall–Kier alpha value is -2.90. The maximum Gasteiger partial charge on any atom is 0.214 e. The first-order chi connectivity index (χ1) is 20.1. The highest BCUT2D eigenvalue weighted by Gasteiger charge is 2.29. The van der Waals surface area contributed by atoms with Crippen molar-refractivity contribution in [2.75, 3.05) is 51.4 Å². The molecule has 1 aliphatic heterocycles. The SMILES string of the molecule is CCc1nc2ccc(C3CCN(S(=O)(=O)CCCN(C)C)CC3)cn2c1N(C)c1nc(-c2ccc(F)cc2)c(CO)s1. The Morgan fingerprint density at radius 1 is 1.07 bits per heavy atom. The van der Waals surface area contributed by atoms with Gasteiger partial charge in [0.2, 0.25) is 10.0 Å². The van der Waals surface area contributed by atoms with E-state index in [1.807, 2.05) is 37.0 Å². The van der Waals surface area contributed by atoms with Crippen LogP contribution in [-0.4, -0.2) is 83.6 Å². The van der Waals surface area contributed by atoms with E-state index in [1.165, 1.54) is 23.5 Å². The first kappa shape index (κ1) is 30.6. The molecule has 12 heteroatoms. The second-order valence-electron chi connectivity index (χ2n) is 11.1. The number of piperidine rings is 1. The normalized spacial score (nSPS) is 15.2. The van der Waals surface area contributed by atoms with Gasteiger partial charge in [0, 0.05) is 31.9 Å². The number of aryl methyl sites for hydroxylation is 1. The van der Waals surface area contributed by atoms with Gasteiger partial charge in [-0.15, -0.1) is 0 Å². The molecule has 1 aromatic carbocycles. The maximum atomic E-state index is 13.5. The molecule has 1 saturated heterocycles. The molecular formula is C30H39FN6O3S2. The third-order valence-corrected chi connectivity index (χ3v) is 11.0. The summed E-state index contributed by atoms with van der Waals surface area (Å²) in [5, 5.41) is 10.8. The fourth-order valence-electron chi connectivity index (χ4n) is 5.60. The summed E-state index contributed by atoms with van der Waals surface area (Å²) >= 11 is 1.40. The molecule has 226 valence electrons. The third-order valence-electron chi connectivity index (χ3n) is 7.90. The van der Waals surface area contributed by atoms with Crippen molar-refractivity contribution < 1.29 is 17.9 Å². The average molecular weight is 615 g/mol. The maximum absolute atomic E-state index is 13.5. The predicted octanol–water partition coefficient (Wildman–Crippen LogP) is 4.88. The first-order valence-electron chi connectivity index (χ1n) is 14.3. The molecule has 1 fully saturated rings. The Bertz CT molecular complexity index is 1630. The molecule has 4 aromatic rings. The number of aliphatic hydroxyl groups excluding tert-OH is 1. The molecule has 0 saturated carbocycles. The molecule has 0 unspecified atom stereocenters. The van der Waals surface area contributed by atoms with E-state index in [9.17, 15) is 17.9 Å². The number of rotatable bonds is 11. The Morgan fingerprint density at radius 2 is 1.79 bits per heavy atom. The highest BCUT2D eigenvalue weighted by molar-refractivity contribution is 7.89. The van der Waals surface area contributed by atoms with Crippen molar-refractivity contribution in [3.63, 3.8) is 0 Å². The van der Waals surface area contributed by atoms with Crippen LogP contribution in [0, 0.1) is 5.82 Å². The van der Waals surface area contributed by atoms with E-state index in [0.717, 1.165) is 54.1 Å². The fourth-order valence-corrected chi connectivity index (χ4v) is 8.03. The zero-order chi connectivity index (χ0) is 30.0. The highest BCUT2D eigenvalue weighted by atomic mass is 32.2.